The van der Waals surface area contributed by atoms with Crippen molar-refractivity contribution in [2.75, 3.05) is 13.1 Å². The van der Waals surface area contributed by atoms with Gasteiger partial charge in [-0.15, -0.1) is 0 Å². The molecule has 0 bridgehead atoms. The van der Waals surface area contributed by atoms with Gasteiger partial charge in [-0.25, -0.2) is 27.9 Å². The van der Waals surface area contributed by atoms with Gasteiger partial charge >= 0.3 is 6.03 Å². The van der Waals surface area contributed by atoms with E-state index in [0.717, 1.165) is 24.1 Å². The van der Waals surface area contributed by atoms with Crippen LogP contribution in [0, 0.1) is 6.92 Å². The number of urea groups is 1. The maximum atomic E-state index is 12.6. The maximum Gasteiger partial charge on any atom is 0.343 e. The molecule has 3 rings (SSSR count). The number of benzene rings is 1. The second-order valence-electron chi connectivity index (χ2n) is 7.18. The zero-order valence-corrected chi connectivity index (χ0v) is 17.5. The highest BCUT2D eigenvalue weighted by Gasteiger charge is 2.30. The zero-order chi connectivity index (χ0) is 21.6. The molecule has 1 saturated heterocycles. The number of piperidine rings is 1. The van der Waals surface area contributed by atoms with Crippen molar-refractivity contribution in [2.45, 2.75) is 43.5 Å². The number of hydrogen-bond acceptors (Lipinski definition) is 6. The molecule has 0 aliphatic carbocycles. The number of imidazole rings is 1. The predicted molar refractivity (Wildman–Crippen MR) is 110 cm³/mol. The minimum Gasteiger partial charge on any atom is -0.354 e. The Morgan fingerprint density at radius 2 is 2.00 bits per heavy atom. The van der Waals surface area contributed by atoms with E-state index in [9.17, 15) is 18.0 Å². The number of hydrazine groups is 1. The second kappa shape index (κ2) is 9.72. The molecule has 11 heteroatoms. The molecule has 10 nitrogen and oxygen atoms in total. The summed E-state index contributed by atoms with van der Waals surface area (Å²) in [6, 6.07) is 4.71. The van der Waals surface area contributed by atoms with Crippen molar-refractivity contribution < 1.29 is 18.0 Å². The summed E-state index contributed by atoms with van der Waals surface area (Å²) in [5.41, 5.74) is 4.34. The highest BCUT2D eigenvalue weighted by Crippen LogP contribution is 2.15. The van der Waals surface area contributed by atoms with Crippen LogP contribution in [0.25, 0.3) is 0 Å². The Bertz CT molecular complexity index is 959. The number of hydrogen-bond donors (Lipinski definition) is 4. The monoisotopic (exact) mass is 434 g/mol. The van der Waals surface area contributed by atoms with Gasteiger partial charge in [0.2, 0.25) is 5.91 Å². The molecule has 0 saturated carbocycles. The average molecular weight is 435 g/mol. The molecule has 0 spiro atoms. The van der Waals surface area contributed by atoms with Crippen LogP contribution >= 0.6 is 0 Å². The van der Waals surface area contributed by atoms with Crippen molar-refractivity contribution in [3.8, 4) is 0 Å². The molecule has 0 unspecified atom stereocenters. The lowest BCUT2D eigenvalue weighted by atomic mass is 10.0. The van der Waals surface area contributed by atoms with Gasteiger partial charge in [0.05, 0.1) is 11.2 Å². The van der Waals surface area contributed by atoms with Crippen LogP contribution in [0.1, 0.15) is 30.5 Å². The quantitative estimate of drug-likeness (QED) is 0.510. The first-order valence-electron chi connectivity index (χ1n) is 9.77. The van der Waals surface area contributed by atoms with Crippen molar-refractivity contribution in [1.29, 1.82) is 0 Å². The molecule has 1 fully saturated rings. The van der Waals surface area contributed by atoms with Crippen LogP contribution in [0.2, 0.25) is 0 Å². The van der Waals surface area contributed by atoms with Crippen LogP contribution in [0.4, 0.5) is 4.79 Å². The van der Waals surface area contributed by atoms with Gasteiger partial charge in [-0.05, 0) is 38.3 Å². The molecule has 0 radical (unpaired) electrons. The van der Waals surface area contributed by atoms with Gasteiger partial charge in [-0.1, -0.05) is 17.7 Å². The summed E-state index contributed by atoms with van der Waals surface area (Å²) in [7, 11) is -4.00. The molecule has 30 heavy (non-hydrogen) atoms. The Kier molecular flexibility index (Phi) is 7.06. The summed E-state index contributed by atoms with van der Waals surface area (Å²) < 4.78 is 26.8. The summed E-state index contributed by atoms with van der Waals surface area (Å²) in [5.74, 6) is -0.212. The fourth-order valence-electron chi connectivity index (χ4n) is 3.25. The Morgan fingerprint density at radius 1 is 1.23 bits per heavy atom. The first-order valence-corrected chi connectivity index (χ1v) is 11.3. The largest absolute Gasteiger partial charge is 0.354 e. The van der Waals surface area contributed by atoms with Gasteiger partial charge in [0.1, 0.15) is 6.04 Å². The normalized spacial score (nSPS) is 17.3. The highest BCUT2D eigenvalue weighted by atomic mass is 32.2. The van der Waals surface area contributed by atoms with E-state index in [2.05, 4.69) is 20.7 Å². The van der Waals surface area contributed by atoms with Crippen LogP contribution in [0.5, 0.6) is 0 Å². The molecule has 3 amide bonds. The summed E-state index contributed by atoms with van der Waals surface area (Å²) in [6.45, 7) is 2.73. The van der Waals surface area contributed by atoms with Crippen LogP contribution in [0.3, 0.4) is 0 Å². The fourth-order valence-corrected chi connectivity index (χ4v) is 4.15. The fraction of sp³-hybridized carbons (Fsp3) is 0.421. The summed E-state index contributed by atoms with van der Waals surface area (Å²) >= 11 is 0. The zero-order valence-electron chi connectivity index (χ0n) is 16.7. The first kappa shape index (κ1) is 21.8. The van der Waals surface area contributed by atoms with E-state index in [1.165, 1.54) is 17.1 Å². The minimum absolute atomic E-state index is 0.00464. The average Bonchev–Trinajstić information content (AvgIpc) is 3.21. The molecule has 1 aromatic carbocycles. The lowest BCUT2D eigenvalue weighted by Crippen LogP contribution is -2.59. The lowest BCUT2D eigenvalue weighted by molar-refractivity contribution is -0.128. The van der Waals surface area contributed by atoms with Gasteiger partial charge in [0.15, 0.2) is 0 Å². The number of nitrogens with one attached hydrogen (secondary N) is 4. The second-order valence-corrected chi connectivity index (χ2v) is 8.86. The Balaban J connectivity index is 1.55. The SMILES string of the molecule is Cc1ccc(S(=O)(=O)NC(=O)NN2CCCC[C@H]2C(=O)NCCc2cnc[nH]2)cc1. The van der Waals surface area contributed by atoms with E-state index >= 15 is 0 Å². The summed E-state index contributed by atoms with van der Waals surface area (Å²) in [4.78, 5) is 31.8. The van der Waals surface area contributed by atoms with Crippen LogP contribution < -0.4 is 15.5 Å². The molecular weight excluding hydrogens is 408 g/mol. The Labute approximate surface area is 175 Å². The number of rotatable bonds is 7. The van der Waals surface area contributed by atoms with Gasteiger partial charge in [-0.2, -0.15) is 0 Å². The smallest absolute Gasteiger partial charge is 0.343 e. The van der Waals surface area contributed by atoms with Crippen molar-refractivity contribution in [1.82, 2.24) is 30.4 Å². The number of carbonyl (C=O) groups is 2. The molecule has 2 heterocycles. The van der Waals surface area contributed by atoms with Gasteiger partial charge in [0, 0.05) is 31.4 Å². The van der Waals surface area contributed by atoms with Crippen LogP contribution in [-0.2, 0) is 21.2 Å². The van der Waals surface area contributed by atoms with E-state index in [0.29, 0.717) is 25.9 Å². The van der Waals surface area contributed by atoms with E-state index in [4.69, 9.17) is 0 Å². The number of sulfonamides is 1. The predicted octanol–water partition coefficient (Wildman–Crippen LogP) is 0.834. The number of aromatic amines is 1. The van der Waals surface area contributed by atoms with Crippen molar-refractivity contribution in [3.63, 3.8) is 0 Å². The summed E-state index contributed by atoms with van der Waals surface area (Å²) in [6.07, 6.45) is 6.09. The molecule has 2 aromatic rings. The topological polar surface area (TPSA) is 136 Å². The van der Waals surface area contributed by atoms with E-state index in [-0.39, 0.29) is 10.8 Å². The lowest BCUT2D eigenvalue weighted by Gasteiger charge is -2.34. The third kappa shape index (κ3) is 5.80. The number of nitrogens with zero attached hydrogens (tertiary/aromatic N) is 2. The molecule has 4 N–H and O–H groups in total. The van der Waals surface area contributed by atoms with E-state index in [1.807, 2.05) is 11.6 Å². The number of aryl methyl sites for hydroxylation is 1. The standard InChI is InChI=1S/C19H26N6O4S/c1-14-5-7-16(8-6-14)30(28,29)24-19(27)23-25-11-3-2-4-17(25)18(26)21-10-9-15-12-20-13-22-15/h5-8,12-13,17H,2-4,9-11H2,1H3,(H,20,22)(H,21,26)(H2,23,24,27)/t17-/m0/s1. The van der Waals surface area contributed by atoms with Crippen LogP contribution in [-0.4, -0.2) is 54.5 Å². The molecule has 1 aromatic heterocycles. The Hall–Kier alpha value is -2.92. The van der Waals surface area contributed by atoms with Crippen molar-refractivity contribution in [2.24, 2.45) is 0 Å². The number of amides is 3. The molecular formula is C19H26N6O4S. The molecule has 162 valence electrons. The van der Waals surface area contributed by atoms with Crippen molar-refractivity contribution in [3.05, 3.63) is 48.0 Å². The number of carbonyl (C=O) groups excluding carboxylic acids is 2. The molecule has 1 aliphatic rings. The highest BCUT2D eigenvalue weighted by molar-refractivity contribution is 7.90. The van der Waals surface area contributed by atoms with Gasteiger partial charge in [-0.3, -0.25) is 10.2 Å². The van der Waals surface area contributed by atoms with Crippen LogP contribution in [0.15, 0.2) is 41.7 Å². The maximum absolute atomic E-state index is 12.6. The van der Waals surface area contributed by atoms with Crippen molar-refractivity contribution >= 4 is 22.0 Å². The summed E-state index contributed by atoms with van der Waals surface area (Å²) in [5, 5.41) is 4.35. The van der Waals surface area contributed by atoms with Gasteiger partial charge < -0.3 is 10.3 Å². The minimum atomic E-state index is -4.00. The van der Waals surface area contributed by atoms with E-state index in [1.54, 1.807) is 24.7 Å². The molecule has 1 aliphatic heterocycles. The molecule has 1 atom stereocenters. The Morgan fingerprint density at radius 3 is 2.70 bits per heavy atom. The third-order valence-electron chi connectivity index (χ3n) is 4.86. The number of aromatic nitrogens is 2. The van der Waals surface area contributed by atoms with Gasteiger partial charge in [0.25, 0.3) is 10.0 Å². The number of H-pyrrole nitrogens is 1. The van der Waals surface area contributed by atoms with E-state index < -0.39 is 22.1 Å². The first-order chi connectivity index (χ1) is 14.3. The third-order valence-corrected chi connectivity index (χ3v) is 6.20.